The number of carbonyl (C=O) groups is 3. The average molecular weight is 323 g/mol. The van der Waals surface area contributed by atoms with Crippen molar-refractivity contribution in [2.24, 2.45) is 5.73 Å². The van der Waals surface area contributed by atoms with Crippen LogP contribution in [0.15, 0.2) is 24.3 Å². The van der Waals surface area contributed by atoms with Crippen molar-refractivity contribution in [3.63, 3.8) is 0 Å². The molecule has 126 valence electrons. The first-order valence-electron chi connectivity index (χ1n) is 7.19. The lowest BCUT2D eigenvalue weighted by molar-refractivity contribution is -0.153. The van der Waals surface area contributed by atoms with Crippen LogP contribution in [0.4, 0.5) is 10.5 Å². The number of anilines is 1. The van der Waals surface area contributed by atoms with E-state index in [-0.39, 0.29) is 13.0 Å². The van der Waals surface area contributed by atoms with E-state index in [1.54, 1.807) is 24.3 Å². The van der Waals surface area contributed by atoms with Crippen LogP contribution in [0.3, 0.4) is 0 Å². The number of amides is 3. The van der Waals surface area contributed by atoms with Gasteiger partial charge in [-0.1, -0.05) is 0 Å². The molecule has 0 aliphatic rings. The summed E-state index contributed by atoms with van der Waals surface area (Å²) in [6.07, 6.45) is -1.02. The largest absolute Gasteiger partial charge is 0.494 e. The first kappa shape index (κ1) is 18.3. The molecule has 0 aromatic heterocycles. The Bertz CT molecular complexity index is 545. The lowest BCUT2D eigenvalue weighted by Gasteiger charge is -2.14. The van der Waals surface area contributed by atoms with Crippen LogP contribution in [0.2, 0.25) is 0 Å². The van der Waals surface area contributed by atoms with Gasteiger partial charge in [-0.25, -0.2) is 4.79 Å². The number of esters is 1. The zero-order valence-electron chi connectivity index (χ0n) is 13.1. The van der Waals surface area contributed by atoms with Gasteiger partial charge in [-0.3, -0.25) is 9.59 Å². The normalized spacial score (nSPS) is 11.2. The molecule has 1 aromatic rings. The molecule has 1 atom stereocenters. The third-order valence-corrected chi connectivity index (χ3v) is 2.74. The van der Waals surface area contributed by atoms with E-state index in [9.17, 15) is 14.4 Å². The van der Waals surface area contributed by atoms with Crippen molar-refractivity contribution in [1.82, 2.24) is 5.32 Å². The van der Waals surface area contributed by atoms with Gasteiger partial charge in [0.1, 0.15) is 5.75 Å². The first-order chi connectivity index (χ1) is 10.9. The van der Waals surface area contributed by atoms with E-state index in [2.05, 4.69) is 10.6 Å². The van der Waals surface area contributed by atoms with Crippen LogP contribution in [-0.4, -0.2) is 37.2 Å². The Labute approximate surface area is 134 Å². The number of primary amides is 1. The van der Waals surface area contributed by atoms with Crippen LogP contribution in [0, 0.1) is 0 Å². The summed E-state index contributed by atoms with van der Waals surface area (Å²) in [4.78, 5) is 33.9. The molecule has 3 amide bonds. The number of benzene rings is 1. The van der Waals surface area contributed by atoms with E-state index >= 15 is 0 Å². The van der Waals surface area contributed by atoms with Gasteiger partial charge in [-0.15, -0.1) is 0 Å². The third kappa shape index (κ3) is 7.16. The Morgan fingerprint density at radius 1 is 1.22 bits per heavy atom. The maximum absolute atomic E-state index is 11.9. The molecule has 0 fully saturated rings. The Morgan fingerprint density at radius 2 is 1.87 bits per heavy atom. The summed E-state index contributed by atoms with van der Waals surface area (Å²) in [5, 5.41) is 4.89. The third-order valence-electron chi connectivity index (χ3n) is 2.74. The molecule has 0 bridgehead atoms. The summed E-state index contributed by atoms with van der Waals surface area (Å²) in [5.41, 5.74) is 5.43. The van der Waals surface area contributed by atoms with Crippen LogP contribution in [0.1, 0.15) is 20.3 Å². The molecule has 23 heavy (non-hydrogen) atoms. The Hall–Kier alpha value is -2.77. The summed E-state index contributed by atoms with van der Waals surface area (Å²) in [5.74, 6) is -0.356. The SMILES string of the molecule is CCOc1ccc(NC(=O)[C@@H](C)OC(=O)CCNC(N)=O)cc1. The number of hydrogen-bond donors (Lipinski definition) is 3. The lowest BCUT2D eigenvalue weighted by atomic mass is 10.3. The van der Waals surface area contributed by atoms with Gasteiger partial charge in [0.05, 0.1) is 13.0 Å². The van der Waals surface area contributed by atoms with Gasteiger partial charge >= 0.3 is 12.0 Å². The summed E-state index contributed by atoms with van der Waals surface area (Å²) >= 11 is 0. The number of rotatable bonds is 8. The summed E-state index contributed by atoms with van der Waals surface area (Å²) in [6.45, 7) is 3.96. The molecule has 0 aliphatic carbocycles. The van der Waals surface area contributed by atoms with Gasteiger partial charge in [0.2, 0.25) is 0 Å². The van der Waals surface area contributed by atoms with Gasteiger partial charge in [0.25, 0.3) is 5.91 Å². The molecule has 0 heterocycles. The molecule has 0 spiro atoms. The molecule has 4 N–H and O–H groups in total. The van der Waals surface area contributed by atoms with Gasteiger partial charge in [0.15, 0.2) is 6.10 Å². The van der Waals surface area contributed by atoms with E-state index in [1.165, 1.54) is 6.92 Å². The van der Waals surface area contributed by atoms with Crippen LogP contribution < -0.4 is 21.1 Å². The Morgan fingerprint density at radius 3 is 2.43 bits per heavy atom. The maximum Gasteiger partial charge on any atom is 0.312 e. The molecule has 1 rings (SSSR count). The molecule has 1 aromatic carbocycles. The molecule has 0 radical (unpaired) electrons. The Balaban J connectivity index is 2.40. The van der Waals surface area contributed by atoms with Crippen LogP contribution in [-0.2, 0) is 14.3 Å². The van der Waals surface area contributed by atoms with E-state index in [0.717, 1.165) is 0 Å². The molecule has 0 aliphatic heterocycles. The lowest BCUT2D eigenvalue weighted by Crippen LogP contribution is -2.33. The molecule has 8 heteroatoms. The second kappa shape index (κ2) is 9.29. The standard InChI is InChI=1S/C15H21N3O5/c1-3-22-12-6-4-11(5-7-12)18-14(20)10(2)23-13(19)8-9-17-15(16)21/h4-7,10H,3,8-9H2,1-2H3,(H,18,20)(H3,16,17,21)/t10-/m1/s1. The van der Waals surface area contributed by atoms with Gasteiger partial charge < -0.3 is 25.8 Å². The number of nitrogens with two attached hydrogens (primary N) is 1. The molecule has 0 unspecified atom stereocenters. The van der Waals surface area contributed by atoms with Gasteiger partial charge in [-0.05, 0) is 38.1 Å². The van der Waals surface area contributed by atoms with Gasteiger partial charge in [-0.2, -0.15) is 0 Å². The fraction of sp³-hybridized carbons (Fsp3) is 0.400. The summed E-state index contributed by atoms with van der Waals surface area (Å²) < 4.78 is 10.3. The number of hydrogen-bond acceptors (Lipinski definition) is 5. The fourth-order valence-corrected chi connectivity index (χ4v) is 1.64. The van der Waals surface area contributed by atoms with E-state index in [1.807, 2.05) is 6.92 Å². The van der Waals surface area contributed by atoms with Crippen LogP contribution >= 0.6 is 0 Å². The zero-order chi connectivity index (χ0) is 17.2. The Kier molecular flexibility index (Phi) is 7.38. The predicted octanol–water partition coefficient (Wildman–Crippen LogP) is 1.01. The average Bonchev–Trinajstić information content (AvgIpc) is 2.49. The van der Waals surface area contributed by atoms with Crippen molar-refractivity contribution in [3.05, 3.63) is 24.3 Å². The van der Waals surface area contributed by atoms with E-state index in [4.69, 9.17) is 15.2 Å². The number of ether oxygens (including phenoxy) is 2. The highest BCUT2D eigenvalue weighted by atomic mass is 16.5. The topological polar surface area (TPSA) is 120 Å². The van der Waals surface area contributed by atoms with Crippen LogP contribution in [0.25, 0.3) is 0 Å². The van der Waals surface area contributed by atoms with E-state index in [0.29, 0.717) is 18.0 Å². The number of nitrogens with one attached hydrogen (secondary N) is 2. The summed E-state index contributed by atoms with van der Waals surface area (Å²) in [7, 11) is 0. The molecule has 0 saturated carbocycles. The molecule has 0 saturated heterocycles. The fourth-order valence-electron chi connectivity index (χ4n) is 1.64. The van der Waals surface area contributed by atoms with Crippen LogP contribution in [0.5, 0.6) is 5.75 Å². The molecule has 8 nitrogen and oxygen atoms in total. The highest BCUT2D eigenvalue weighted by molar-refractivity contribution is 5.95. The second-order valence-corrected chi connectivity index (χ2v) is 4.62. The molecular weight excluding hydrogens is 302 g/mol. The van der Waals surface area contributed by atoms with Gasteiger partial charge in [0, 0.05) is 12.2 Å². The van der Waals surface area contributed by atoms with Crippen molar-refractivity contribution in [3.8, 4) is 5.75 Å². The predicted molar refractivity (Wildman–Crippen MR) is 84.0 cm³/mol. The van der Waals surface area contributed by atoms with Crippen molar-refractivity contribution < 1.29 is 23.9 Å². The highest BCUT2D eigenvalue weighted by Gasteiger charge is 2.17. The van der Waals surface area contributed by atoms with Crippen molar-refractivity contribution in [2.45, 2.75) is 26.4 Å². The van der Waals surface area contributed by atoms with E-state index < -0.39 is 24.0 Å². The first-order valence-corrected chi connectivity index (χ1v) is 7.19. The highest BCUT2D eigenvalue weighted by Crippen LogP contribution is 2.16. The monoisotopic (exact) mass is 323 g/mol. The zero-order valence-corrected chi connectivity index (χ0v) is 13.1. The minimum absolute atomic E-state index is 0.0569. The minimum atomic E-state index is -0.956. The van der Waals surface area contributed by atoms with Crippen molar-refractivity contribution >= 4 is 23.6 Å². The maximum atomic E-state index is 11.9. The smallest absolute Gasteiger partial charge is 0.312 e. The molecular formula is C15H21N3O5. The second-order valence-electron chi connectivity index (χ2n) is 4.62. The van der Waals surface area contributed by atoms with Crippen molar-refractivity contribution in [1.29, 1.82) is 0 Å². The number of urea groups is 1. The van der Waals surface area contributed by atoms with Crippen molar-refractivity contribution in [2.75, 3.05) is 18.5 Å². The minimum Gasteiger partial charge on any atom is -0.494 e. The summed E-state index contributed by atoms with van der Waals surface area (Å²) in [6, 6.07) is 6.11. The quantitative estimate of drug-likeness (QED) is 0.617. The number of carbonyl (C=O) groups excluding carboxylic acids is 3.